The molecular formula is C14H18O5. The number of rotatable bonds is 4. The molecule has 5 nitrogen and oxygen atoms in total. The van der Waals surface area contributed by atoms with Gasteiger partial charge in [0.05, 0.1) is 34.0 Å². The van der Waals surface area contributed by atoms with Crippen LogP contribution in [0.5, 0.6) is 11.5 Å². The van der Waals surface area contributed by atoms with Gasteiger partial charge in [0.1, 0.15) is 6.10 Å². The van der Waals surface area contributed by atoms with Crippen LogP contribution >= 0.6 is 0 Å². The van der Waals surface area contributed by atoms with Crippen LogP contribution in [0.3, 0.4) is 0 Å². The molecule has 2 rings (SSSR count). The van der Waals surface area contributed by atoms with Gasteiger partial charge in [-0.2, -0.15) is 0 Å². The van der Waals surface area contributed by atoms with Crippen LogP contribution in [-0.4, -0.2) is 45.9 Å². The first kappa shape index (κ1) is 13.8. The van der Waals surface area contributed by atoms with Crippen LogP contribution in [0.15, 0.2) is 12.1 Å². The standard InChI is InChI=1S/C14H18O5/c1-9-6-11(16-2)12(17-3)7-10(9)14(15)13-8-18-4-5-19-13/h6-7,13H,4-5,8H2,1-3H3. The molecule has 0 aliphatic carbocycles. The van der Waals surface area contributed by atoms with Crippen LogP contribution in [0.25, 0.3) is 0 Å². The fraction of sp³-hybridized carbons (Fsp3) is 0.500. The van der Waals surface area contributed by atoms with Crippen LogP contribution < -0.4 is 9.47 Å². The molecule has 0 bridgehead atoms. The van der Waals surface area contributed by atoms with E-state index in [4.69, 9.17) is 18.9 Å². The fourth-order valence-corrected chi connectivity index (χ4v) is 2.06. The molecule has 1 aromatic rings. The lowest BCUT2D eigenvalue weighted by atomic mass is 10.00. The molecular weight excluding hydrogens is 248 g/mol. The molecule has 0 amide bonds. The second-order valence-electron chi connectivity index (χ2n) is 4.32. The Morgan fingerprint density at radius 2 is 1.89 bits per heavy atom. The highest BCUT2D eigenvalue weighted by atomic mass is 16.6. The maximum absolute atomic E-state index is 12.4. The summed E-state index contributed by atoms with van der Waals surface area (Å²) >= 11 is 0. The van der Waals surface area contributed by atoms with Gasteiger partial charge in [-0.15, -0.1) is 0 Å². The minimum absolute atomic E-state index is 0.0850. The topological polar surface area (TPSA) is 54.0 Å². The van der Waals surface area contributed by atoms with E-state index >= 15 is 0 Å². The van der Waals surface area contributed by atoms with Crippen molar-refractivity contribution in [2.24, 2.45) is 0 Å². The fourth-order valence-electron chi connectivity index (χ4n) is 2.06. The van der Waals surface area contributed by atoms with Crippen molar-refractivity contribution in [2.45, 2.75) is 13.0 Å². The summed E-state index contributed by atoms with van der Waals surface area (Å²) in [5, 5.41) is 0. The monoisotopic (exact) mass is 266 g/mol. The highest BCUT2D eigenvalue weighted by molar-refractivity contribution is 6.01. The predicted octanol–water partition coefficient (Wildman–Crippen LogP) is 1.61. The molecule has 1 aliphatic heterocycles. The molecule has 5 heteroatoms. The molecule has 1 atom stereocenters. The van der Waals surface area contributed by atoms with Crippen molar-refractivity contribution in [1.82, 2.24) is 0 Å². The lowest BCUT2D eigenvalue weighted by Gasteiger charge is -2.22. The molecule has 1 saturated heterocycles. The first-order valence-electron chi connectivity index (χ1n) is 6.13. The summed E-state index contributed by atoms with van der Waals surface area (Å²) in [6.07, 6.45) is -0.537. The van der Waals surface area contributed by atoms with Gasteiger partial charge in [0.15, 0.2) is 17.3 Å². The number of ketones is 1. The molecule has 19 heavy (non-hydrogen) atoms. The van der Waals surface area contributed by atoms with Crippen molar-refractivity contribution in [2.75, 3.05) is 34.0 Å². The lowest BCUT2D eigenvalue weighted by Crippen LogP contribution is -2.35. The van der Waals surface area contributed by atoms with Gasteiger partial charge in [-0.25, -0.2) is 0 Å². The van der Waals surface area contributed by atoms with Crippen molar-refractivity contribution in [3.05, 3.63) is 23.3 Å². The Kier molecular flexibility index (Phi) is 4.39. The van der Waals surface area contributed by atoms with Gasteiger partial charge in [0, 0.05) is 5.56 Å². The third-order valence-corrected chi connectivity index (χ3v) is 3.10. The zero-order valence-corrected chi connectivity index (χ0v) is 11.4. The smallest absolute Gasteiger partial charge is 0.194 e. The van der Waals surface area contributed by atoms with E-state index in [0.717, 1.165) is 5.56 Å². The Balaban J connectivity index is 2.30. The number of benzene rings is 1. The van der Waals surface area contributed by atoms with Crippen molar-refractivity contribution in [3.63, 3.8) is 0 Å². The maximum atomic E-state index is 12.4. The van der Waals surface area contributed by atoms with E-state index in [-0.39, 0.29) is 5.78 Å². The largest absolute Gasteiger partial charge is 0.493 e. The minimum Gasteiger partial charge on any atom is -0.493 e. The third-order valence-electron chi connectivity index (χ3n) is 3.10. The lowest BCUT2D eigenvalue weighted by molar-refractivity contribution is -0.0719. The molecule has 0 aromatic heterocycles. The normalized spacial score (nSPS) is 19.0. The second kappa shape index (κ2) is 6.04. The minimum atomic E-state index is -0.537. The van der Waals surface area contributed by atoms with E-state index in [1.54, 1.807) is 26.4 Å². The molecule has 1 aliphatic rings. The zero-order valence-electron chi connectivity index (χ0n) is 11.4. The Hall–Kier alpha value is -1.59. The second-order valence-corrected chi connectivity index (χ2v) is 4.32. The van der Waals surface area contributed by atoms with Gasteiger partial charge in [0.25, 0.3) is 0 Å². The molecule has 0 saturated carbocycles. The predicted molar refractivity (Wildman–Crippen MR) is 69.2 cm³/mol. The molecule has 0 N–H and O–H groups in total. The quantitative estimate of drug-likeness (QED) is 0.775. The molecule has 0 spiro atoms. The summed E-state index contributed by atoms with van der Waals surface area (Å²) in [4.78, 5) is 12.4. The number of carbonyl (C=O) groups excluding carboxylic acids is 1. The van der Waals surface area contributed by atoms with Crippen LogP contribution in [-0.2, 0) is 9.47 Å². The highest BCUT2D eigenvalue weighted by Gasteiger charge is 2.26. The third kappa shape index (κ3) is 2.88. The Morgan fingerprint density at radius 3 is 2.47 bits per heavy atom. The molecule has 1 fully saturated rings. The first-order chi connectivity index (χ1) is 9.17. The Labute approximate surface area is 112 Å². The first-order valence-corrected chi connectivity index (χ1v) is 6.13. The van der Waals surface area contributed by atoms with Crippen molar-refractivity contribution in [3.8, 4) is 11.5 Å². The number of Topliss-reactive ketones (excluding diaryl/α,β-unsaturated/α-hetero) is 1. The number of hydrogen-bond donors (Lipinski definition) is 0. The van der Waals surface area contributed by atoms with Gasteiger partial charge in [-0.3, -0.25) is 4.79 Å². The Morgan fingerprint density at radius 1 is 1.21 bits per heavy atom. The van der Waals surface area contributed by atoms with Gasteiger partial charge in [-0.1, -0.05) is 0 Å². The summed E-state index contributed by atoms with van der Waals surface area (Å²) in [6, 6.07) is 3.48. The summed E-state index contributed by atoms with van der Waals surface area (Å²) in [7, 11) is 3.11. The number of hydrogen-bond acceptors (Lipinski definition) is 5. The summed E-state index contributed by atoms with van der Waals surface area (Å²) < 4.78 is 21.1. The maximum Gasteiger partial charge on any atom is 0.194 e. The average Bonchev–Trinajstić information content (AvgIpc) is 2.47. The van der Waals surface area contributed by atoms with E-state index in [2.05, 4.69) is 0 Å². The van der Waals surface area contributed by atoms with Crippen molar-refractivity contribution < 1.29 is 23.7 Å². The van der Waals surface area contributed by atoms with E-state index in [1.165, 1.54) is 0 Å². The zero-order chi connectivity index (χ0) is 13.8. The van der Waals surface area contributed by atoms with Gasteiger partial charge in [-0.05, 0) is 24.6 Å². The SMILES string of the molecule is COc1cc(C)c(C(=O)C2COCCO2)cc1OC. The molecule has 0 radical (unpaired) electrons. The molecule has 1 heterocycles. The number of carbonyl (C=O) groups is 1. The number of methoxy groups -OCH3 is 2. The van der Waals surface area contributed by atoms with Gasteiger partial charge < -0.3 is 18.9 Å². The van der Waals surface area contributed by atoms with E-state index in [0.29, 0.717) is 36.9 Å². The van der Waals surface area contributed by atoms with E-state index in [1.807, 2.05) is 6.92 Å². The number of ether oxygens (including phenoxy) is 4. The van der Waals surface area contributed by atoms with Gasteiger partial charge >= 0.3 is 0 Å². The molecule has 104 valence electrons. The summed E-state index contributed by atoms with van der Waals surface area (Å²) in [5.41, 5.74) is 1.41. The van der Waals surface area contributed by atoms with E-state index < -0.39 is 6.10 Å². The summed E-state index contributed by atoms with van der Waals surface area (Å²) in [5.74, 6) is 1.06. The Bertz CT molecular complexity index is 463. The van der Waals surface area contributed by atoms with Crippen molar-refractivity contribution in [1.29, 1.82) is 0 Å². The van der Waals surface area contributed by atoms with Crippen molar-refractivity contribution >= 4 is 5.78 Å². The van der Waals surface area contributed by atoms with E-state index in [9.17, 15) is 4.79 Å². The van der Waals surface area contributed by atoms with Crippen LogP contribution in [0.4, 0.5) is 0 Å². The summed E-state index contributed by atoms with van der Waals surface area (Å²) in [6.45, 7) is 3.14. The van der Waals surface area contributed by atoms with Crippen LogP contribution in [0.1, 0.15) is 15.9 Å². The van der Waals surface area contributed by atoms with Gasteiger partial charge in [0.2, 0.25) is 0 Å². The number of aryl methyl sites for hydroxylation is 1. The molecule has 1 aromatic carbocycles. The highest BCUT2D eigenvalue weighted by Crippen LogP contribution is 2.31. The van der Waals surface area contributed by atoms with Crippen LogP contribution in [0.2, 0.25) is 0 Å². The average molecular weight is 266 g/mol. The van der Waals surface area contributed by atoms with Crippen LogP contribution in [0, 0.1) is 6.92 Å². The molecule has 1 unspecified atom stereocenters.